The maximum atomic E-state index is 14.4. The maximum absolute atomic E-state index is 14.4. The normalized spacial score (nSPS) is 11.4. The molecular formula is C73H115N5O36. The highest BCUT2D eigenvalue weighted by molar-refractivity contribution is 5.95. The van der Waals surface area contributed by atoms with E-state index in [0.29, 0.717) is 11.8 Å². The van der Waals surface area contributed by atoms with Crippen LogP contribution in [0.4, 0.5) is 0 Å². The van der Waals surface area contributed by atoms with Gasteiger partial charge in [-0.3, -0.25) is 71.9 Å². The summed E-state index contributed by atoms with van der Waals surface area (Å²) in [6.07, 6.45) is -2.82. The number of nitrogens with one attached hydrogen (secondary N) is 5. The van der Waals surface area contributed by atoms with Gasteiger partial charge in [0.25, 0.3) is 5.91 Å². The van der Waals surface area contributed by atoms with Gasteiger partial charge in [-0.05, 0) is 18.6 Å². The van der Waals surface area contributed by atoms with E-state index in [9.17, 15) is 71.9 Å². The Morgan fingerprint density at radius 1 is 0.263 bits per heavy atom. The van der Waals surface area contributed by atoms with E-state index in [0.717, 1.165) is 0 Å². The first-order valence-electron chi connectivity index (χ1n) is 36.3. The van der Waals surface area contributed by atoms with Gasteiger partial charge in [0.2, 0.25) is 23.6 Å². The fourth-order valence-electron chi connectivity index (χ4n) is 9.66. The summed E-state index contributed by atoms with van der Waals surface area (Å²) in [5, 5.41) is 14.1. The first-order valence-corrected chi connectivity index (χ1v) is 36.3. The highest BCUT2D eigenvalue weighted by Crippen LogP contribution is 2.18. The molecule has 114 heavy (non-hydrogen) atoms. The van der Waals surface area contributed by atoms with Gasteiger partial charge in [0.05, 0.1) is 280 Å². The summed E-state index contributed by atoms with van der Waals surface area (Å²) in [6.45, 7) is -8.17. The van der Waals surface area contributed by atoms with Crippen LogP contribution in [0.5, 0.6) is 0 Å². The summed E-state index contributed by atoms with van der Waals surface area (Å²) in [4.78, 5) is 190. The quantitative estimate of drug-likeness (QED) is 0.0223. The largest absolute Gasteiger partial charge is 0.469 e. The van der Waals surface area contributed by atoms with Gasteiger partial charge < -0.3 is 126 Å². The van der Waals surface area contributed by atoms with Crippen LogP contribution in [-0.4, -0.2) is 341 Å². The maximum Gasteiger partial charge on any atom is 0.307 e. The first-order chi connectivity index (χ1) is 54.7. The predicted molar refractivity (Wildman–Crippen MR) is 390 cm³/mol. The average Bonchev–Trinajstić information content (AvgIpc) is 0.832. The number of rotatable bonds is 70. The van der Waals surface area contributed by atoms with Crippen LogP contribution in [-0.2, 0) is 162 Å². The van der Waals surface area contributed by atoms with Gasteiger partial charge in [-0.15, -0.1) is 0 Å². The lowest BCUT2D eigenvalue weighted by Crippen LogP contribution is -2.60. The summed E-state index contributed by atoms with van der Waals surface area (Å²) in [5.74, 6) is -8.87. The molecule has 1 aromatic carbocycles. The van der Waals surface area contributed by atoms with Crippen molar-refractivity contribution in [2.75, 3.05) is 229 Å². The lowest BCUT2D eigenvalue weighted by molar-refractivity contribution is -0.145. The van der Waals surface area contributed by atoms with E-state index < -0.39 is 164 Å². The van der Waals surface area contributed by atoms with Gasteiger partial charge >= 0.3 is 53.7 Å². The molecule has 0 spiro atoms. The monoisotopic (exact) mass is 1640 g/mol. The summed E-state index contributed by atoms with van der Waals surface area (Å²) in [6, 6.07) is 5.78. The standard InChI is InChI=1S/C73H115N5O36/c1-94-60(84)19-32-106-45-71(46-107-33-20-61(85)95-2,47-108-34-21-62(86)96-3)76-57(81)16-29-103-42-70(75-56(80)11-10-28-74-69(93)55-14-12-54(41-79)13-15-55,43-104-30-17-58(82)77-72(48-109-35-22-63(87)97-4,49-110-36-23-64(88)98-5)50-111-37-24-65(89)99-6)44-105-31-18-59(83)78-73(51-112-38-25-66(90)100-7,52-113-39-26-67(91)101-8)53-114-40-27-68(92)102-9/h12-15,41H,10-11,16-40,42-53H2,1-9H3,(H,74,93)(H,75,80)(H,76,81)(H,77,82)(H,78,83). The summed E-state index contributed by atoms with van der Waals surface area (Å²) in [5.41, 5.74) is -6.05. The smallest absolute Gasteiger partial charge is 0.307 e. The van der Waals surface area contributed by atoms with E-state index in [1.54, 1.807) is 0 Å². The molecule has 1 rings (SSSR count). The third-order valence-corrected chi connectivity index (χ3v) is 15.9. The lowest BCUT2D eigenvalue weighted by Gasteiger charge is -2.36. The zero-order valence-electron chi connectivity index (χ0n) is 66.7. The summed E-state index contributed by atoms with van der Waals surface area (Å²) >= 11 is 0. The second kappa shape index (κ2) is 62.4. The molecule has 0 saturated carbocycles. The highest BCUT2D eigenvalue weighted by Gasteiger charge is 2.39. The third kappa shape index (κ3) is 48.9. The SMILES string of the molecule is COC(=O)CCOCC(COCCC(=O)OC)(COCCC(=O)OC)NC(=O)CCOCC(COCCC(=O)NC(COCCC(=O)OC)(COCCC(=O)OC)COCCC(=O)OC)(COCCC(=O)NC(COCCC(=O)OC)(COCCC(=O)OC)COCCC(=O)OC)NC(=O)CCCNC(=O)c1ccc(C=O)cc1. The van der Waals surface area contributed by atoms with Crippen molar-refractivity contribution in [3.63, 3.8) is 0 Å². The number of amides is 5. The van der Waals surface area contributed by atoms with Crippen LogP contribution in [0.1, 0.15) is 111 Å². The number of hydrogen-bond donors (Lipinski definition) is 5. The Kier molecular flexibility index (Phi) is 56.3. The van der Waals surface area contributed by atoms with Crippen molar-refractivity contribution < 1.29 is 171 Å². The number of aldehydes is 1. The molecule has 648 valence electrons. The average molecular weight is 1640 g/mol. The number of esters is 9. The molecule has 0 saturated heterocycles. The fourth-order valence-corrected chi connectivity index (χ4v) is 9.66. The van der Waals surface area contributed by atoms with Gasteiger partial charge in [0.1, 0.15) is 28.4 Å². The molecule has 0 aliphatic heterocycles. The van der Waals surface area contributed by atoms with Crippen molar-refractivity contribution in [1.29, 1.82) is 0 Å². The van der Waals surface area contributed by atoms with Crippen LogP contribution in [0.2, 0.25) is 0 Å². The Hall–Kier alpha value is -9.01. The molecule has 0 bridgehead atoms. The Bertz CT molecular complexity index is 2620. The van der Waals surface area contributed by atoms with Gasteiger partial charge in [0.15, 0.2) is 0 Å². The second-order valence-corrected chi connectivity index (χ2v) is 25.2. The number of ether oxygens (including phenoxy) is 21. The Balaban J connectivity index is 4.11. The Morgan fingerprint density at radius 2 is 0.439 bits per heavy atom. The van der Waals surface area contributed by atoms with E-state index in [2.05, 4.69) is 26.6 Å². The van der Waals surface area contributed by atoms with Crippen molar-refractivity contribution in [2.45, 2.75) is 112 Å². The van der Waals surface area contributed by atoms with Crippen molar-refractivity contribution in [3.8, 4) is 0 Å². The highest BCUT2D eigenvalue weighted by atomic mass is 16.6. The van der Waals surface area contributed by atoms with Gasteiger partial charge in [0, 0.05) is 43.4 Å². The van der Waals surface area contributed by atoms with Crippen LogP contribution in [0, 0.1) is 0 Å². The van der Waals surface area contributed by atoms with Crippen molar-refractivity contribution in [1.82, 2.24) is 26.6 Å². The van der Waals surface area contributed by atoms with Gasteiger partial charge in [-0.2, -0.15) is 0 Å². The molecule has 0 fully saturated rings. The molecule has 41 nitrogen and oxygen atoms in total. The van der Waals surface area contributed by atoms with E-state index >= 15 is 0 Å². The van der Waals surface area contributed by atoms with Crippen LogP contribution in [0.15, 0.2) is 24.3 Å². The minimum atomic E-state index is -1.83. The molecule has 0 aliphatic rings. The van der Waals surface area contributed by atoms with Crippen LogP contribution >= 0.6 is 0 Å². The molecule has 0 radical (unpaired) electrons. The number of carbonyl (C=O) groups is 15. The minimum absolute atomic E-state index is 0.0239. The zero-order chi connectivity index (χ0) is 84.7. The van der Waals surface area contributed by atoms with Crippen molar-refractivity contribution in [3.05, 3.63) is 35.4 Å². The summed E-state index contributed by atoms with van der Waals surface area (Å²) in [7, 11) is 10.6. The van der Waals surface area contributed by atoms with Gasteiger partial charge in [-0.25, -0.2) is 0 Å². The molecule has 0 aromatic heterocycles. The third-order valence-electron chi connectivity index (χ3n) is 15.9. The van der Waals surface area contributed by atoms with Crippen LogP contribution in [0.25, 0.3) is 0 Å². The molecule has 0 atom stereocenters. The van der Waals surface area contributed by atoms with Crippen molar-refractivity contribution in [2.24, 2.45) is 0 Å². The molecular weight excluding hydrogens is 1520 g/mol. The Morgan fingerprint density at radius 3 is 0.614 bits per heavy atom. The number of hydrogen-bond acceptors (Lipinski definition) is 36. The van der Waals surface area contributed by atoms with E-state index in [1.165, 1.54) is 88.3 Å². The number of carbonyl (C=O) groups excluding carboxylic acids is 15. The number of methoxy groups -OCH3 is 9. The number of benzene rings is 1. The molecule has 5 amide bonds. The van der Waals surface area contributed by atoms with E-state index in [4.69, 9.17) is 99.5 Å². The summed E-state index contributed by atoms with van der Waals surface area (Å²) < 4.78 is 114. The Labute approximate surface area is 661 Å². The molecule has 5 N–H and O–H groups in total. The molecule has 0 heterocycles. The molecule has 1 aromatic rings. The minimum Gasteiger partial charge on any atom is -0.469 e. The fraction of sp³-hybridized carbons (Fsp3) is 0.712. The zero-order valence-corrected chi connectivity index (χ0v) is 66.7. The van der Waals surface area contributed by atoms with Crippen LogP contribution in [0.3, 0.4) is 0 Å². The molecule has 41 heteroatoms. The topological polar surface area (TPSA) is 510 Å². The van der Waals surface area contributed by atoms with E-state index in [1.807, 2.05) is 0 Å². The van der Waals surface area contributed by atoms with Crippen molar-refractivity contribution >= 4 is 89.5 Å². The van der Waals surface area contributed by atoms with E-state index in [-0.39, 0.29) is 202 Å². The lowest BCUT2D eigenvalue weighted by atomic mass is 10.0. The predicted octanol–water partition coefficient (Wildman–Crippen LogP) is -1.13. The first kappa shape index (κ1) is 103. The molecule has 0 aliphatic carbocycles. The molecule has 0 unspecified atom stereocenters. The second-order valence-electron chi connectivity index (χ2n) is 25.2. The van der Waals surface area contributed by atoms with Gasteiger partial charge in [-0.1, -0.05) is 12.1 Å². The van der Waals surface area contributed by atoms with Crippen LogP contribution < -0.4 is 26.6 Å².